The third-order valence-electron chi connectivity index (χ3n) is 3.42. The van der Waals surface area contributed by atoms with Crippen LogP contribution in [0.25, 0.3) is 0 Å². The van der Waals surface area contributed by atoms with Crippen LogP contribution in [0.4, 0.5) is 0 Å². The monoisotopic (exact) mass is 391 g/mol. The Hall–Kier alpha value is -0.430. The van der Waals surface area contributed by atoms with Crippen LogP contribution in [-0.2, 0) is 0 Å². The Kier molecular flexibility index (Phi) is 6.46. The van der Waals surface area contributed by atoms with Gasteiger partial charge < -0.3 is 11.5 Å². The van der Waals surface area contributed by atoms with Crippen molar-refractivity contribution in [1.29, 1.82) is 0 Å². The number of nitrogens with zero attached hydrogens (tertiary/aromatic N) is 1. The van der Waals surface area contributed by atoms with Crippen LogP contribution in [0, 0.1) is 6.92 Å². The summed E-state index contributed by atoms with van der Waals surface area (Å²) in [5.41, 5.74) is 12.2. The highest BCUT2D eigenvalue weighted by Crippen LogP contribution is 2.45. The quantitative estimate of drug-likeness (QED) is 0.470. The molecule has 5 heteroatoms. The van der Waals surface area contributed by atoms with E-state index in [2.05, 4.69) is 36.2 Å². The Morgan fingerprint density at radius 1 is 1.21 bits per heavy atom. The van der Waals surface area contributed by atoms with Gasteiger partial charge in [-0.3, -0.25) is 4.99 Å². The molecule has 2 rings (SSSR count). The number of benzene rings is 1. The molecule has 19 heavy (non-hydrogen) atoms. The molecule has 0 saturated heterocycles. The summed E-state index contributed by atoms with van der Waals surface area (Å²) in [4.78, 5) is 5.56. The molecule has 0 spiro atoms. The van der Waals surface area contributed by atoms with Gasteiger partial charge >= 0.3 is 0 Å². The van der Waals surface area contributed by atoms with E-state index in [1.165, 1.54) is 36.1 Å². The molecule has 0 radical (unpaired) electrons. The van der Waals surface area contributed by atoms with E-state index in [0.717, 1.165) is 6.54 Å². The highest BCUT2D eigenvalue weighted by molar-refractivity contribution is 14.0. The lowest BCUT2D eigenvalue weighted by atomic mass is 10.1. The summed E-state index contributed by atoms with van der Waals surface area (Å²) in [6.45, 7) is 2.84. The van der Waals surface area contributed by atoms with E-state index in [1.54, 1.807) is 0 Å². The van der Waals surface area contributed by atoms with Crippen molar-refractivity contribution in [1.82, 2.24) is 0 Å². The highest BCUT2D eigenvalue weighted by Gasteiger charge is 2.34. The van der Waals surface area contributed by atoms with E-state index >= 15 is 0 Å². The molecule has 0 bridgehead atoms. The van der Waals surface area contributed by atoms with Crippen LogP contribution >= 0.6 is 35.7 Å². The molecule has 0 amide bonds. The number of thioether (sulfide) groups is 1. The largest absolute Gasteiger partial charge is 0.370 e. The topological polar surface area (TPSA) is 64.4 Å². The summed E-state index contributed by atoms with van der Waals surface area (Å²) in [6.07, 6.45) is 4.95. The van der Waals surface area contributed by atoms with Crippen molar-refractivity contribution in [3.8, 4) is 0 Å². The fourth-order valence-corrected chi connectivity index (χ4v) is 3.80. The molecule has 1 aromatic carbocycles. The van der Waals surface area contributed by atoms with Crippen molar-refractivity contribution in [2.24, 2.45) is 16.5 Å². The van der Waals surface area contributed by atoms with E-state index in [9.17, 15) is 0 Å². The van der Waals surface area contributed by atoms with Gasteiger partial charge in [-0.1, -0.05) is 30.5 Å². The molecule has 0 heterocycles. The lowest BCUT2D eigenvalue weighted by Gasteiger charge is -2.26. The maximum atomic E-state index is 5.46. The number of aliphatic imine (C=N–C) groups is 1. The van der Waals surface area contributed by atoms with Gasteiger partial charge in [0.05, 0.1) is 6.54 Å². The second-order valence-electron chi connectivity index (χ2n) is 5.05. The number of hydrogen-bond donors (Lipinski definition) is 2. The van der Waals surface area contributed by atoms with E-state index < -0.39 is 0 Å². The summed E-state index contributed by atoms with van der Waals surface area (Å²) in [6, 6.07) is 8.70. The minimum atomic E-state index is 0. The Morgan fingerprint density at radius 3 is 2.32 bits per heavy atom. The van der Waals surface area contributed by atoms with E-state index in [4.69, 9.17) is 11.5 Å². The van der Waals surface area contributed by atoms with Crippen molar-refractivity contribution < 1.29 is 0 Å². The molecule has 4 N–H and O–H groups in total. The van der Waals surface area contributed by atoms with Gasteiger partial charge in [0.25, 0.3) is 0 Å². The van der Waals surface area contributed by atoms with Crippen molar-refractivity contribution in [3.05, 3.63) is 29.8 Å². The maximum Gasteiger partial charge on any atom is 0.185 e. The molecule has 0 aromatic heterocycles. The summed E-state index contributed by atoms with van der Waals surface area (Å²) in [5, 5.41) is 0. The minimum absolute atomic E-state index is 0. The van der Waals surface area contributed by atoms with Crippen LogP contribution in [0.2, 0.25) is 0 Å². The first-order valence-corrected chi connectivity index (χ1v) is 7.22. The first kappa shape index (κ1) is 16.6. The Balaban J connectivity index is 0.00000180. The SMILES string of the molecule is Cc1ccc(SC2(CN=C(N)N)CCCC2)cc1.I. The van der Waals surface area contributed by atoms with Crippen LogP contribution in [0.5, 0.6) is 0 Å². The molecule has 106 valence electrons. The third kappa shape index (κ3) is 4.87. The maximum absolute atomic E-state index is 5.46. The van der Waals surface area contributed by atoms with Gasteiger partial charge in [-0.25, -0.2) is 0 Å². The van der Waals surface area contributed by atoms with Crippen LogP contribution in [0.3, 0.4) is 0 Å². The number of halogens is 1. The number of aryl methyl sites for hydroxylation is 1. The lowest BCUT2D eigenvalue weighted by molar-refractivity contribution is 0.619. The van der Waals surface area contributed by atoms with E-state index in [-0.39, 0.29) is 34.7 Å². The molecule has 1 aliphatic rings. The van der Waals surface area contributed by atoms with Crippen molar-refractivity contribution in [2.75, 3.05) is 6.54 Å². The number of rotatable bonds is 4. The third-order valence-corrected chi connectivity index (χ3v) is 4.90. The summed E-state index contributed by atoms with van der Waals surface area (Å²) >= 11 is 1.93. The number of hydrogen-bond acceptors (Lipinski definition) is 2. The summed E-state index contributed by atoms with van der Waals surface area (Å²) in [7, 11) is 0. The Bertz CT molecular complexity index is 421. The van der Waals surface area contributed by atoms with Gasteiger partial charge in [0.2, 0.25) is 0 Å². The molecule has 1 saturated carbocycles. The van der Waals surface area contributed by atoms with E-state index in [0.29, 0.717) is 0 Å². The van der Waals surface area contributed by atoms with Crippen LogP contribution in [-0.4, -0.2) is 17.3 Å². The van der Waals surface area contributed by atoms with E-state index in [1.807, 2.05) is 11.8 Å². The second kappa shape index (κ2) is 7.38. The normalized spacial score (nSPS) is 16.7. The zero-order chi connectivity index (χ0) is 13.0. The highest BCUT2D eigenvalue weighted by atomic mass is 127. The molecular formula is C14H22IN3S. The van der Waals surface area contributed by atoms with Gasteiger partial charge in [-0.15, -0.1) is 35.7 Å². The lowest BCUT2D eigenvalue weighted by Crippen LogP contribution is -2.29. The van der Waals surface area contributed by atoms with Crippen molar-refractivity contribution in [3.63, 3.8) is 0 Å². The Morgan fingerprint density at radius 2 is 1.79 bits per heavy atom. The fourth-order valence-electron chi connectivity index (χ4n) is 2.40. The zero-order valence-corrected chi connectivity index (χ0v) is 14.4. The fraction of sp³-hybridized carbons (Fsp3) is 0.500. The van der Waals surface area contributed by atoms with Gasteiger partial charge in [-0.2, -0.15) is 0 Å². The van der Waals surface area contributed by atoms with Crippen molar-refractivity contribution in [2.45, 2.75) is 42.2 Å². The minimum Gasteiger partial charge on any atom is -0.370 e. The molecule has 1 aromatic rings. The Labute approximate surface area is 136 Å². The first-order chi connectivity index (χ1) is 8.60. The average molecular weight is 391 g/mol. The van der Waals surface area contributed by atoms with Gasteiger partial charge in [-0.05, 0) is 31.9 Å². The van der Waals surface area contributed by atoms with Crippen LogP contribution in [0.1, 0.15) is 31.2 Å². The molecule has 0 unspecified atom stereocenters. The van der Waals surface area contributed by atoms with Gasteiger partial charge in [0.1, 0.15) is 0 Å². The molecule has 3 nitrogen and oxygen atoms in total. The predicted molar refractivity (Wildman–Crippen MR) is 94.3 cm³/mol. The molecular weight excluding hydrogens is 369 g/mol. The average Bonchev–Trinajstić information content (AvgIpc) is 2.79. The summed E-state index contributed by atoms with van der Waals surface area (Å²) < 4.78 is 0.194. The van der Waals surface area contributed by atoms with Gasteiger partial charge in [0.15, 0.2) is 5.96 Å². The summed E-state index contributed by atoms with van der Waals surface area (Å²) in [5.74, 6) is 0.200. The molecule has 1 fully saturated rings. The van der Waals surface area contributed by atoms with Crippen molar-refractivity contribution >= 4 is 41.7 Å². The molecule has 0 atom stereocenters. The molecule has 0 aliphatic heterocycles. The predicted octanol–water partition coefficient (Wildman–Crippen LogP) is 3.29. The molecule has 1 aliphatic carbocycles. The smallest absolute Gasteiger partial charge is 0.185 e. The zero-order valence-electron chi connectivity index (χ0n) is 11.3. The van der Waals surface area contributed by atoms with Crippen LogP contribution in [0.15, 0.2) is 34.2 Å². The number of nitrogens with two attached hydrogens (primary N) is 2. The number of guanidine groups is 1. The van der Waals surface area contributed by atoms with Gasteiger partial charge in [0, 0.05) is 9.64 Å². The first-order valence-electron chi connectivity index (χ1n) is 6.41. The van der Waals surface area contributed by atoms with Crippen LogP contribution < -0.4 is 11.5 Å². The second-order valence-corrected chi connectivity index (χ2v) is 6.59. The standard InChI is InChI=1S/C14H21N3S.HI/c1-11-4-6-12(7-5-11)18-14(8-2-3-9-14)10-17-13(15)16;/h4-7H,2-3,8-10H2,1H3,(H4,15,16,17);1H.